The summed E-state index contributed by atoms with van der Waals surface area (Å²) >= 11 is 0. The van der Waals surface area contributed by atoms with Crippen LogP contribution in [0.4, 0.5) is 0 Å². The van der Waals surface area contributed by atoms with Crippen LogP contribution in [0.1, 0.15) is 29.9 Å². The van der Waals surface area contributed by atoms with E-state index in [1.807, 2.05) is 13.8 Å². The van der Waals surface area contributed by atoms with E-state index in [-0.39, 0.29) is 17.7 Å². The minimum Gasteiger partial charge on any atom is -0.341 e. The summed E-state index contributed by atoms with van der Waals surface area (Å²) in [6.07, 6.45) is 5.08. The lowest BCUT2D eigenvalue weighted by molar-refractivity contribution is 0.0956. The summed E-state index contributed by atoms with van der Waals surface area (Å²) in [5.74, 6) is 2.24. The molecule has 1 N–H and O–H groups in total. The monoisotopic (exact) mass is 249 g/mol. The highest BCUT2D eigenvalue weighted by Gasteiger charge is 2.20. The van der Waals surface area contributed by atoms with Crippen molar-refractivity contribution in [3.8, 4) is 12.3 Å². The molecule has 0 saturated carbocycles. The Balaban J connectivity index is 3.19. The van der Waals surface area contributed by atoms with Gasteiger partial charge in [0.2, 0.25) is 0 Å². The summed E-state index contributed by atoms with van der Waals surface area (Å²) in [7, 11) is 1.77. The molecular weight excluding hydrogens is 230 g/mol. The van der Waals surface area contributed by atoms with Crippen LogP contribution in [-0.2, 0) is 13.6 Å². The van der Waals surface area contributed by atoms with E-state index < -0.39 is 5.91 Å². The van der Waals surface area contributed by atoms with Gasteiger partial charge in [0.25, 0.3) is 11.5 Å². The summed E-state index contributed by atoms with van der Waals surface area (Å²) in [5.41, 5.74) is 0.557. The Kier molecular flexibility index (Phi) is 4.38. The molecule has 1 heterocycles. The lowest BCUT2D eigenvalue weighted by Crippen LogP contribution is -2.31. The summed E-state index contributed by atoms with van der Waals surface area (Å²) in [6.45, 7) is 6.50. The first kappa shape index (κ1) is 14.1. The molecule has 0 fully saturated rings. The molecule has 18 heavy (non-hydrogen) atoms. The van der Waals surface area contributed by atoms with E-state index >= 15 is 0 Å². The lowest BCUT2D eigenvalue weighted by atomic mass is 10.2. The van der Waals surface area contributed by atoms with Gasteiger partial charge in [-0.25, -0.2) is 4.68 Å². The van der Waals surface area contributed by atoms with Gasteiger partial charge in [-0.3, -0.25) is 14.3 Å². The van der Waals surface area contributed by atoms with Gasteiger partial charge in [-0.15, -0.1) is 6.42 Å². The predicted octanol–water partition coefficient (Wildman–Crippen LogP) is 0.514. The van der Waals surface area contributed by atoms with E-state index in [2.05, 4.69) is 11.2 Å². The highest BCUT2D eigenvalue weighted by atomic mass is 16.2. The molecular formula is C13H19N3O2. The standard InChI is InChI=1S/C13H19N3O2/c1-6-7-14-12(17)11-10(4)15(5)16(13(11)18)8-9(2)3/h1,9H,7-8H2,2-5H3,(H,14,17). The summed E-state index contributed by atoms with van der Waals surface area (Å²) in [4.78, 5) is 24.0. The van der Waals surface area contributed by atoms with Crippen LogP contribution in [0.15, 0.2) is 4.79 Å². The zero-order valence-corrected chi connectivity index (χ0v) is 11.3. The first-order valence-electron chi connectivity index (χ1n) is 5.88. The number of amides is 1. The summed E-state index contributed by atoms with van der Waals surface area (Å²) < 4.78 is 3.29. The van der Waals surface area contributed by atoms with Crippen LogP contribution in [-0.4, -0.2) is 21.8 Å². The van der Waals surface area contributed by atoms with Crippen molar-refractivity contribution in [3.05, 3.63) is 21.6 Å². The highest BCUT2D eigenvalue weighted by Crippen LogP contribution is 2.05. The van der Waals surface area contributed by atoms with Gasteiger partial charge >= 0.3 is 0 Å². The van der Waals surface area contributed by atoms with Crippen LogP contribution in [0.5, 0.6) is 0 Å². The number of nitrogens with zero attached hydrogens (tertiary/aromatic N) is 2. The molecule has 0 atom stereocenters. The number of hydrogen-bond donors (Lipinski definition) is 1. The van der Waals surface area contributed by atoms with Crippen molar-refractivity contribution in [2.75, 3.05) is 6.54 Å². The van der Waals surface area contributed by atoms with Crippen molar-refractivity contribution in [2.45, 2.75) is 27.3 Å². The topological polar surface area (TPSA) is 56.0 Å². The molecule has 1 rings (SSSR count). The Labute approximate surface area is 107 Å². The van der Waals surface area contributed by atoms with E-state index in [4.69, 9.17) is 6.42 Å². The van der Waals surface area contributed by atoms with Crippen LogP contribution in [0.3, 0.4) is 0 Å². The summed E-state index contributed by atoms with van der Waals surface area (Å²) in [5, 5.41) is 2.52. The molecule has 0 spiro atoms. The SMILES string of the molecule is C#CCNC(=O)c1c(C)n(C)n(CC(C)C)c1=O. The number of nitrogens with one attached hydrogen (secondary N) is 1. The fraction of sp³-hybridized carbons (Fsp3) is 0.538. The molecule has 0 unspecified atom stereocenters. The quantitative estimate of drug-likeness (QED) is 0.791. The number of terminal acetylenes is 1. The smallest absolute Gasteiger partial charge is 0.279 e. The van der Waals surface area contributed by atoms with Crippen LogP contribution >= 0.6 is 0 Å². The second kappa shape index (κ2) is 5.58. The van der Waals surface area contributed by atoms with Crippen LogP contribution in [0, 0.1) is 25.2 Å². The van der Waals surface area contributed by atoms with Gasteiger partial charge < -0.3 is 5.32 Å². The Morgan fingerprint density at radius 2 is 2.11 bits per heavy atom. The van der Waals surface area contributed by atoms with E-state index in [1.54, 1.807) is 23.3 Å². The second-order valence-corrected chi connectivity index (χ2v) is 4.65. The molecule has 98 valence electrons. The lowest BCUT2D eigenvalue weighted by Gasteiger charge is -2.10. The van der Waals surface area contributed by atoms with Gasteiger partial charge in [-0.1, -0.05) is 19.8 Å². The minimum atomic E-state index is -0.409. The maximum atomic E-state index is 12.2. The highest BCUT2D eigenvalue weighted by molar-refractivity contribution is 5.95. The molecule has 0 aliphatic rings. The van der Waals surface area contributed by atoms with Gasteiger partial charge in [0.15, 0.2) is 0 Å². The van der Waals surface area contributed by atoms with Crippen molar-refractivity contribution < 1.29 is 4.79 Å². The normalized spacial score (nSPS) is 10.4. The average molecular weight is 249 g/mol. The van der Waals surface area contributed by atoms with Gasteiger partial charge in [0.05, 0.1) is 6.54 Å². The van der Waals surface area contributed by atoms with E-state index in [0.717, 1.165) is 0 Å². The Morgan fingerprint density at radius 3 is 2.61 bits per heavy atom. The zero-order valence-electron chi connectivity index (χ0n) is 11.3. The molecule has 0 radical (unpaired) electrons. The molecule has 0 saturated heterocycles. The Morgan fingerprint density at radius 1 is 1.50 bits per heavy atom. The molecule has 0 aliphatic carbocycles. The molecule has 0 bridgehead atoms. The zero-order chi connectivity index (χ0) is 13.9. The first-order chi connectivity index (χ1) is 8.40. The Bertz CT molecular complexity index is 544. The number of carbonyl (C=O) groups is 1. The maximum absolute atomic E-state index is 12.2. The van der Waals surface area contributed by atoms with Crippen molar-refractivity contribution in [2.24, 2.45) is 13.0 Å². The number of aromatic nitrogens is 2. The molecule has 5 heteroatoms. The molecule has 0 aliphatic heterocycles. The van der Waals surface area contributed by atoms with Gasteiger partial charge in [0.1, 0.15) is 5.56 Å². The molecule has 1 aromatic rings. The third kappa shape index (κ3) is 2.65. The predicted molar refractivity (Wildman–Crippen MR) is 70.4 cm³/mol. The van der Waals surface area contributed by atoms with Crippen molar-refractivity contribution in [1.82, 2.24) is 14.7 Å². The minimum absolute atomic E-state index is 0.122. The van der Waals surface area contributed by atoms with Gasteiger partial charge in [-0.05, 0) is 12.8 Å². The summed E-state index contributed by atoms with van der Waals surface area (Å²) in [6, 6.07) is 0. The van der Waals surface area contributed by atoms with E-state index in [1.165, 1.54) is 0 Å². The third-order valence-electron chi connectivity index (χ3n) is 2.77. The second-order valence-electron chi connectivity index (χ2n) is 4.65. The maximum Gasteiger partial charge on any atom is 0.279 e. The molecule has 0 aromatic carbocycles. The molecule has 1 aromatic heterocycles. The Hall–Kier alpha value is -1.96. The van der Waals surface area contributed by atoms with Crippen LogP contribution in [0.25, 0.3) is 0 Å². The molecule has 5 nitrogen and oxygen atoms in total. The fourth-order valence-corrected chi connectivity index (χ4v) is 1.80. The number of rotatable bonds is 4. The average Bonchev–Trinajstić information content (AvgIpc) is 2.50. The van der Waals surface area contributed by atoms with Gasteiger partial charge in [-0.2, -0.15) is 0 Å². The van der Waals surface area contributed by atoms with Crippen LogP contribution in [0.2, 0.25) is 0 Å². The van der Waals surface area contributed by atoms with Crippen molar-refractivity contribution >= 4 is 5.91 Å². The fourth-order valence-electron chi connectivity index (χ4n) is 1.80. The van der Waals surface area contributed by atoms with E-state index in [0.29, 0.717) is 18.2 Å². The first-order valence-corrected chi connectivity index (χ1v) is 5.88. The number of hydrogen-bond acceptors (Lipinski definition) is 2. The van der Waals surface area contributed by atoms with Crippen LogP contribution < -0.4 is 10.9 Å². The largest absolute Gasteiger partial charge is 0.341 e. The van der Waals surface area contributed by atoms with Crippen molar-refractivity contribution in [1.29, 1.82) is 0 Å². The number of carbonyl (C=O) groups excluding carboxylic acids is 1. The van der Waals surface area contributed by atoms with Gasteiger partial charge in [0, 0.05) is 19.3 Å². The third-order valence-corrected chi connectivity index (χ3v) is 2.77. The van der Waals surface area contributed by atoms with E-state index in [9.17, 15) is 9.59 Å². The molecule has 1 amide bonds. The van der Waals surface area contributed by atoms with Crippen molar-refractivity contribution in [3.63, 3.8) is 0 Å².